The van der Waals surface area contributed by atoms with Crippen LogP contribution in [0.2, 0.25) is 5.02 Å². The van der Waals surface area contributed by atoms with Crippen LogP contribution in [0.15, 0.2) is 12.1 Å². The van der Waals surface area contributed by atoms with Crippen molar-refractivity contribution in [3.63, 3.8) is 0 Å². The molecule has 1 aromatic carbocycles. The van der Waals surface area contributed by atoms with E-state index in [2.05, 4.69) is 12.2 Å². The fourth-order valence-electron chi connectivity index (χ4n) is 1.98. The lowest BCUT2D eigenvalue weighted by atomic mass is 10.2. The zero-order valence-electron chi connectivity index (χ0n) is 12.5. The Kier molecular flexibility index (Phi) is 10.7. The molecule has 3 nitrogen and oxygen atoms in total. The van der Waals surface area contributed by atoms with Crippen molar-refractivity contribution in [3.8, 4) is 11.5 Å². The molecule has 0 spiro atoms. The molecule has 0 amide bonds. The molecule has 1 aromatic rings. The van der Waals surface area contributed by atoms with Crippen molar-refractivity contribution in [2.75, 3.05) is 20.8 Å². The van der Waals surface area contributed by atoms with Gasteiger partial charge in [-0.05, 0) is 30.7 Å². The first-order valence-electron chi connectivity index (χ1n) is 6.84. The van der Waals surface area contributed by atoms with Gasteiger partial charge in [0.05, 0.1) is 19.2 Å². The van der Waals surface area contributed by atoms with E-state index in [1.54, 1.807) is 14.2 Å². The average Bonchev–Trinajstić information content (AvgIpc) is 2.42. The molecular formula is C15H25Cl2NO2. The zero-order valence-corrected chi connectivity index (χ0v) is 14.1. The van der Waals surface area contributed by atoms with E-state index in [-0.39, 0.29) is 12.4 Å². The average molecular weight is 322 g/mol. The summed E-state index contributed by atoms with van der Waals surface area (Å²) in [5.41, 5.74) is 1.11. The number of hydrogen-bond acceptors (Lipinski definition) is 3. The van der Waals surface area contributed by atoms with Crippen LogP contribution in [0.3, 0.4) is 0 Å². The number of nitrogens with one attached hydrogen (secondary N) is 1. The lowest BCUT2D eigenvalue weighted by Crippen LogP contribution is -2.14. The van der Waals surface area contributed by atoms with Crippen LogP contribution in [-0.4, -0.2) is 20.8 Å². The van der Waals surface area contributed by atoms with E-state index < -0.39 is 0 Å². The second kappa shape index (κ2) is 11.1. The molecule has 20 heavy (non-hydrogen) atoms. The van der Waals surface area contributed by atoms with E-state index in [0.29, 0.717) is 16.5 Å². The van der Waals surface area contributed by atoms with Gasteiger partial charge in [0.15, 0.2) is 11.5 Å². The van der Waals surface area contributed by atoms with Gasteiger partial charge in [0.1, 0.15) is 0 Å². The van der Waals surface area contributed by atoms with Gasteiger partial charge in [0.2, 0.25) is 0 Å². The third-order valence-electron chi connectivity index (χ3n) is 3.03. The highest BCUT2D eigenvalue weighted by Gasteiger charge is 2.10. The van der Waals surface area contributed by atoms with Crippen LogP contribution in [0.4, 0.5) is 0 Å². The lowest BCUT2D eigenvalue weighted by Gasteiger charge is -2.12. The molecule has 0 aliphatic carbocycles. The number of rotatable bonds is 9. The van der Waals surface area contributed by atoms with Crippen LogP contribution in [0.5, 0.6) is 11.5 Å². The predicted octanol–water partition coefficient (Wildman–Crippen LogP) is 4.45. The molecule has 0 atom stereocenters. The van der Waals surface area contributed by atoms with Gasteiger partial charge in [0, 0.05) is 6.54 Å². The second-order valence-electron chi connectivity index (χ2n) is 4.55. The number of ether oxygens (including phenoxy) is 2. The maximum absolute atomic E-state index is 6.16. The largest absolute Gasteiger partial charge is 0.493 e. The molecule has 0 saturated heterocycles. The van der Waals surface area contributed by atoms with E-state index in [1.807, 2.05) is 12.1 Å². The van der Waals surface area contributed by atoms with E-state index in [4.69, 9.17) is 21.1 Å². The number of hydrogen-bond donors (Lipinski definition) is 1. The van der Waals surface area contributed by atoms with Crippen molar-refractivity contribution < 1.29 is 9.47 Å². The van der Waals surface area contributed by atoms with Crippen LogP contribution >= 0.6 is 24.0 Å². The van der Waals surface area contributed by atoms with E-state index in [9.17, 15) is 0 Å². The first-order chi connectivity index (χ1) is 9.22. The highest BCUT2D eigenvalue weighted by molar-refractivity contribution is 6.32. The molecule has 1 N–H and O–H groups in total. The summed E-state index contributed by atoms with van der Waals surface area (Å²) in [5.74, 6) is 1.27. The minimum absolute atomic E-state index is 0. The van der Waals surface area contributed by atoms with Crippen LogP contribution < -0.4 is 14.8 Å². The summed E-state index contributed by atoms with van der Waals surface area (Å²) in [7, 11) is 3.21. The smallest absolute Gasteiger partial charge is 0.179 e. The maximum Gasteiger partial charge on any atom is 0.179 e. The topological polar surface area (TPSA) is 30.5 Å². The van der Waals surface area contributed by atoms with Gasteiger partial charge >= 0.3 is 0 Å². The molecular weight excluding hydrogens is 297 g/mol. The number of halogens is 2. The highest BCUT2D eigenvalue weighted by Crippen LogP contribution is 2.35. The minimum Gasteiger partial charge on any atom is -0.493 e. The van der Waals surface area contributed by atoms with Crippen LogP contribution in [0.25, 0.3) is 0 Å². The first-order valence-corrected chi connectivity index (χ1v) is 7.21. The van der Waals surface area contributed by atoms with Crippen molar-refractivity contribution in [2.24, 2.45) is 0 Å². The monoisotopic (exact) mass is 321 g/mol. The van der Waals surface area contributed by atoms with Gasteiger partial charge in [-0.1, -0.05) is 37.8 Å². The summed E-state index contributed by atoms with van der Waals surface area (Å²) < 4.78 is 10.5. The normalized spacial score (nSPS) is 10.0. The summed E-state index contributed by atoms with van der Waals surface area (Å²) in [5, 5.41) is 4.01. The molecule has 0 aromatic heterocycles. The Morgan fingerprint density at radius 2 is 1.85 bits per heavy atom. The molecule has 0 fully saturated rings. The zero-order chi connectivity index (χ0) is 14.1. The van der Waals surface area contributed by atoms with Crippen molar-refractivity contribution in [2.45, 2.75) is 39.2 Å². The van der Waals surface area contributed by atoms with E-state index in [1.165, 1.54) is 25.7 Å². The Morgan fingerprint density at radius 1 is 1.10 bits per heavy atom. The molecule has 1 rings (SSSR count). The van der Waals surface area contributed by atoms with Crippen LogP contribution in [-0.2, 0) is 6.54 Å². The predicted molar refractivity (Wildman–Crippen MR) is 87.7 cm³/mol. The molecule has 0 unspecified atom stereocenters. The molecule has 0 heterocycles. The summed E-state index contributed by atoms with van der Waals surface area (Å²) in [6.45, 7) is 4.05. The van der Waals surface area contributed by atoms with Crippen molar-refractivity contribution in [1.29, 1.82) is 0 Å². The highest BCUT2D eigenvalue weighted by atomic mass is 35.5. The molecule has 5 heteroatoms. The number of benzene rings is 1. The molecule has 116 valence electrons. The number of unbranched alkanes of at least 4 members (excludes halogenated alkanes) is 3. The van der Waals surface area contributed by atoms with Crippen LogP contribution in [0, 0.1) is 0 Å². The van der Waals surface area contributed by atoms with Crippen molar-refractivity contribution in [3.05, 3.63) is 22.7 Å². The Hall–Kier alpha value is -0.640. The Balaban J connectivity index is 0.00000361. The van der Waals surface area contributed by atoms with Gasteiger partial charge in [-0.15, -0.1) is 12.4 Å². The molecule has 0 bridgehead atoms. The summed E-state index contributed by atoms with van der Waals surface area (Å²) in [6, 6.07) is 3.88. The van der Waals surface area contributed by atoms with Gasteiger partial charge in [-0.2, -0.15) is 0 Å². The lowest BCUT2D eigenvalue weighted by molar-refractivity contribution is 0.354. The quantitative estimate of drug-likeness (QED) is 0.681. The molecule has 0 saturated carbocycles. The molecule has 0 radical (unpaired) electrons. The van der Waals surface area contributed by atoms with Crippen molar-refractivity contribution >= 4 is 24.0 Å². The van der Waals surface area contributed by atoms with Gasteiger partial charge < -0.3 is 14.8 Å². The van der Waals surface area contributed by atoms with Gasteiger partial charge in [0.25, 0.3) is 0 Å². The summed E-state index contributed by atoms with van der Waals surface area (Å²) in [6.07, 6.45) is 5.08. The van der Waals surface area contributed by atoms with Gasteiger partial charge in [-0.25, -0.2) is 0 Å². The van der Waals surface area contributed by atoms with Gasteiger partial charge in [-0.3, -0.25) is 0 Å². The van der Waals surface area contributed by atoms with E-state index in [0.717, 1.165) is 18.7 Å². The fraction of sp³-hybridized carbons (Fsp3) is 0.600. The maximum atomic E-state index is 6.16. The van der Waals surface area contributed by atoms with E-state index >= 15 is 0 Å². The Labute approximate surface area is 133 Å². The first kappa shape index (κ1) is 19.4. The Morgan fingerprint density at radius 3 is 2.45 bits per heavy atom. The summed E-state index contributed by atoms with van der Waals surface area (Å²) in [4.78, 5) is 0. The molecule has 0 aliphatic rings. The number of methoxy groups -OCH3 is 2. The third-order valence-corrected chi connectivity index (χ3v) is 3.31. The van der Waals surface area contributed by atoms with Crippen LogP contribution in [0.1, 0.15) is 38.2 Å². The minimum atomic E-state index is 0. The SMILES string of the molecule is CCCCCCNCc1cc(Cl)c(OC)c(OC)c1.Cl. The second-order valence-corrected chi connectivity index (χ2v) is 4.96. The van der Waals surface area contributed by atoms with Crippen molar-refractivity contribution in [1.82, 2.24) is 5.32 Å². The standard InChI is InChI=1S/C15H24ClNO2.ClH/c1-4-5-6-7-8-17-11-12-9-13(16)15(19-3)14(10-12)18-2;/h9-10,17H,4-8,11H2,1-3H3;1H. The Bertz CT molecular complexity index is 386. The fourth-order valence-corrected chi connectivity index (χ4v) is 2.29. The summed E-state index contributed by atoms with van der Waals surface area (Å²) >= 11 is 6.16. The molecule has 0 aliphatic heterocycles. The third kappa shape index (κ3) is 6.21.